The summed E-state index contributed by atoms with van der Waals surface area (Å²) in [4.78, 5) is 2.07. The number of nitriles is 1. The lowest BCUT2D eigenvalue weighted by atomic mass is 10.2. The van der Waals surface area contributed by atoms with E-state index in [2.05, 4.69) is 11.0 Å². The third-order valence-corrected chi connectivity index (χ3v) is 2.32. The summed E-state index contributed by atoms with van der Waals surface area (Å²) in [5.74, 6) is 0. The Labute approximate surface area is 67.2 Å². The third-order valence-electron chi connectivity index (χ3n) is 2.32. The van der Waals surface area contributed by atoms with Crippen LogP contribution in [0.25, 0.3) is 0 Å². The molecule has 0 aliphatic carbocycles. The van der Waals surface area contributed by atoms with Gasteiger partial charge in [-0.3, -0.25) is 4.90 Å². The first kappa shape index (κ1) is 8.51. The first-order chi connectivity index (χ1) is 5.29. The van der Waals surface area contributed by atoms with Crippen molar-refractivity contribution in [1.29, 1.82) is 5.26 Å². The molecule has 3 heteroatoms. The molecule has 0 aromatic rings. The van der Waals surface area contributed by atoms with E-state index in [1.165, 1.54) is 0 Å². The fourth-order valence-corrected chi connectivity index (χ4v) is 1.64. The van der Waals surface area contributed by atoms with E-state index in [1.807, 2.05) is 6.92 Å². The molecule has 1 fully saturated rings. The number of nitrogens with zero attached hydrogens (tertiary/aromatic N) is 2. The lowest BCUT2D eigenvalue weighted by Gasteiger charge is -2.24. The Morgan fingerprint density at radius 1 is 1.82 bits per heavy atom. The van der Waals surface area contributed by atoms with Crippen molar-refractivity contribution in [1.82, 2.24) is 4.90 Å². The molecule has 11 heavy (non-hydrogen) atoms. The van der Waals surface area contributed by atoms with Gasteiger partial charge in [0.05, 0.1) is 18.7 Å². The molecular weight excluding hydrogens is 140 g/mol. The van der Waals surface area contributed by atoms with Crippen molar-refractivity contribution in [2.24, 2.45) is 0 Å². The van der Waals surface area contributed by atoms with Crippen molar-refractivity contribution in [3.05, 3.63) is 0 Å². The quantitative estimate of drug-likeness (QED) is 0.624. The smallest absolute Gasteiger partial charge is 0.0952 e. The number of likely N-dealkylation sites (tertiary alicyclic amines) is 1. The van der Waals surface area contributed by atoms with Gasteiger partial charge in [-0.05, 0) is 26.3 Å². The average molecular weight is 154 g/mol. The summed E-state index contributed by atoms with van der Waals surface area (Å²) in [6.07, 6.45) is 2.14. The molecule has 1 saturated heterocycles. The van der Waals surface area contributed by atoms with E-state index in [1.54, 1.807) is 0 Å². The summed E-state index contributed by atoms with van der Waals surface area (Å²) < 4.78 is 0. The molecule has 62 valence electrons. The van der Waals surface area contributed by atoms with Gasteiger partial charge in [-0.25, -0.2) is 0 Å². The van der Waals surface area contributed by atoms with Crippen LogP contribution in [0, 0.1) is 11.3 Å². The van der Waals surface area contributed by atoms with Crippen molar-refractivity contribution < 1.29 is 5.11 Å². The minimum atomic E-state index is -0.0466. The topological polar surface area (TPSA) is 47.3 Å². The standard InChI is InChI=1S/C8H14N2O/c1-7(5-9)10-4-2-3-8(10)6-11/h7-8,11H,2-4,6H2,1H3/t7?,8-/m0/s1. The van der Waals surface area contributed by atoms with Crippen LogP contribution in [0.4, 0.5) is 0 Å². The first-order valence-electron chi connectivity index (χ1n) is 4.05. The second-order valence-corrected chi connectivity index (χ2v) is 3.02. The minimum absolute atomic E-state index is 0.0466. The van der Waals surface area contributed by atoms with Gasteiger partial charge in [0.15, 0.2) is 0 Å². The number of rotatable bonds is 2. The largest absolute Gasteiger partial charge is 0.395 e. The monoisotopic (exact) mass is 154 g/mol. The maximum Gasteiger partial charge on any atom is 0.0952 e. The molecule has 0 bridgehead atoms. The number of hydrogen-bond acceptors (Lipinski definition) is 3. The van der Waals surface area contributed by atoms with Crippen LogP contribution >= 0.6 is 0 Å². The number of hydrogen-bond donors (Lipinski definition) is 1. The predicted octanol–water partition coefficient (Wildman–Crippen LogP) is 0.355. The summed E-state index contributed by atoms with van der Waals surface area (Å²) in [6.45, 7) is 3.03. The van der Waals surface area contributed by atoms with Gasteiger partial charge in [0.1, 0.15) is 0 Å². The van der Waals surface area contributed by atoms with Gasteiger partial charge in [-0.2, -0.15) is 5.26 Å². The van der Waals surface area contributed by atoms with Crippen LogP contribution in [-0.2, 0) is 0 Å². The molecule has 3 nitrogen and oxygen atoms in total. The highest BCUT2D eigenvalue weighted by atomic mass is 16.3. The highest BCUT2D eigenvalue weighted by Gasteiger charge is 2.27. The molecule has 0 spiro atoms. The van der Waals surface area contributed by atoms with Crippen molar-refractivity contribution in [2.75, 3.05) is 13.2 Å². The van der Waals surface area contributed by atoms with Gasteiger partial charge in [0, 0.05) is 6.04 Å². The summed E-state index contributed by atoms with van der Waals surface area (Å²) in [6, 6.07) is 2.37. The third kappa shape index (κ3) is 1.70. The van der Waals surface area contributed by atoms with E-state index in [9.17, 15) is 0 Å². The fourth-order valence-electron chi connectivity index (χ4n) is 1.64. The predicted molar refractivity (Wildman–Crippen MR) is 41.9 cm³/mol. The van der Waals surface area contributed by atoms with Gasteiger partial charge in [0.2, 0.25) is 0 Å². The molecule has 1 aliphatic rings. The van der Waals surface area contributed by atoms with Crippen LogP contribution < -0.4 is 0 Å². The minimum Gasteiger partial charge on any atom is -0.395 e. The van der Waals surface area contributed by atoms with Crippen molar-refractivity contribution in [2.45, 2.75) is 31.8 Å². The van der Waals surface area contributed by atoms with Crippen molar-refractivity contribution in [3.8, 4) is 6.07 Å². The van der Waals surface area contributed by atoms with Crippen LogP contribution in [0.2, 0.25) is 0 Å². The highest BCUT2D eigenvalue weighted by molar-refractivity contribution is 4.93. The first-order valence-corrected chi connectivity index (χ1v) is 4.05. The maximum absolute atomic E-state index is 8.93. The van der Waals surface area contributed by atoms with E-state index in [0.717, 1.165) is 19.4 Å². The van der Waals surface area contributed by atoms with E-state index in [-0.39, 0.29) is 18.7 Å². The van der Waals surface area contributed by atoms with E-state index < -0.39 is 0 Å². The van der Waals surface area contributed by atoms with Gasteiger partial charge >= 0.3 is 0 Å². The van der Waals surface area contributed by atoms with Crippen molar-refractivity contribution in [3.63, 3.8) is 0 Å². The van der Waals surface area contributed by atoms with Crippen LogP contribution in [0.15, 0.2) is 0 Å². The van der Waals surface area contributed by atoms with Crippen LogP contribution in [0.1, 0.15) is 19.8 Å². The Balaban J connectivity index is 2.50. The second-order valence-electron chi connectivity index (χ2n) is 3.02. The lowest BCUT2D eigenvalue weighted by molar-refractivity contribution is 0.145. The molecule has 0 saturated carbocycles. The normalized spacial score (nSPS) is 28.3. The van der Waals surface area contributed by atoms with Gasteiger partial charge in [-0.1, -0.05) is 0 Å². The van der Waals surface area contributed by atoms with Crippen molar-refractivity contribution >= 4 is 0 Å². The zero-order valence-corrected chi connectivity index (χ0v) is 6.82. The summed E-state index contributed by atoms with van der Waals surface area (Å²) in [7, 11) is 0. The van der Waals surface area contributed by atoms with Gasteiger partial charge < -0.3 is 5.11 Å². The average Bonchev–Trinajstić information content (AvgIpc) is 2.50. The number of aliphatic hydroxyl groups is 1. The molecule has 1 rings (SSSR count). The van der Waals surface area contributed by atoms with Gasteiger partial charge in [0.25, 0.3) is 0 Å². The molecule has 1 N–H and O–H groups in total. The van der Waals surface area contributed by atoms with E-state index >= 15 is 0 Å². The summed E-state index contributed by atoms with van der Waals surface area (Å²) in [5.41, 5.74) is 0. The zero-order chi connectivity index (χ0) is 8.27. The SMILES string of the molecule is CC(C#N)N1CCC[C@H]1CO. The Kier molecular flexibility index (Phi) is 2.86. The molecule has 1 unspecified atom stereocenters. The zero-order valence-electron chi connectivity index (χ0n) is 6.82. The molecule has 0 aromatic heterocycles. The Morgan fingerprint density at radius 2 is 2.55 bits per heavy atom. The molecular formula is C8H14N2O. The lowest BCUT2D eigenvalue weighted by Crippen LogP contribution is -2.38. The molecule has 1 heterocycles. The summed E-state index contributed by atoms with van der Waals surface area (Å²) >= 11 is 0. The molecule has 2 atom stereocenters. The van der Waals surface area contributed by atoms with E-state index in [4.69, 9.17) is 10.4 Å². The second kappa shape index (κ2) is 3.70. The maximum atomic E-state index is 8.93. The molecule has 0 aromatic carbocycles. The van der Waals surface area contributed by atoms with Gasteiger partial charge in [-0.15, -0.1) is 0 Å². The Hall–Kier alpha value is -0.590. The van der Waals surface area contributed by atoms with Crippen LogP contribution in [0.5, 0.6) is 0 Å². The van der Waals surface area contributed by atoms with Crippen LogP contribution in [0.3, 0.4) is 0 Å². The van der Waals surface area contributed by atoms with Crippen LogP contribution in [-0.4, -0.2) is 35.2 Å². The number of aliphatic hydroxyl groups excluding tert-OH is 1. The van der Waals surface area contributed by atoms with E-state index in [0.29, 0.717) is 0 Å². The molecule has 1 aliphatic heterocycles. The highest BCUT2D eigenvalue weighted by Crippen LogP contribution is 2.18. The Bertz CT molecular complexity index is 164. The molecule has 0 radical (unpaired) electrons. The fraction of sp³-hybridized carbons (Fsp3) is 0.875. The Morgan fingerprint density at radius 3 is 3.09 bits per heavy atom. The summed E-state index contributed by atoms with van der Waals surface area (Å²) in [5, 5.41) is 17.6. The molecule has 0 amide bonds.